The zero-order valence-corrected chi connectivity index (χ0v) is 14.3. The van der Waals surface area contributed by atoms with Crippen LogP contribution in [0.1, 0.15) is 38.7 Å². The van der Waals surface area contributed by atoms with E-state index in [-0.39, 0.29) is 12.3 Å². The van der Waals surface area contributed by atoms with Gasteiger partial charge in [-0.1, -0.05) is 55.8 Å². The highest BCUT2D eigenvalue weighted by molar-refractivity contribution is 7.52. The molecule has 2 aromatic carbocycles. The Morgan fingerprint density at radius 1 is 1.18 bits per heavy atom. The van der Waals surface area contributed by atoms with Gasteiger partial charge in [0, 0.05) is 0 Å². The highest BCUT2D eigenvalue weighted by Gasteiger charge is 2.21. The molecule has 0 aliphatic rings. The van der Waals surface area contributed by atoms with Crippen LogP contribution >= 0.6 is 7.60 Å². The Bertz CT molecular complexity index is 654. The van der Waals surface area contributed by atoms with Crippen LogP contribution in [0.3, 0.4) is 0 Å². The van der Waals surface area contributed by atoms with Gasteiger partial charge >= 0.3 is 7.60 Å². The van der Waals surface area contributed by atoms with Crippen LogP contribution in [0.4, 0.5) is 0 Å². The fraction of sp³-hybridized carbons (Fsp3) is 0.444. The van der Waals surface area contributed by atoms with Gasteiger partial charge in [0.25, 0.3) is 0 Å². The smallest absolute Gasteiger partial charge is 0.324 e. The number of hydrogen-bond donors (Lipinski definition) is 1. The fourth-order valence-corrected chi connectivity index (χ4v) is 4.00. The lowest BCUT2D eigenvalue weighted by atomic mass is 10.0. The monoisotopic (exact) mass is 320 g/mol. The molecule has 0 aliphatic heterocycles. The molecule has 120 valence electrons. The van der Waals surface area contributed by atoms with Crippen molar-refractivity contribution in [3.63, 3.8) is 0 Å². The molecule has 0 fully saturated rings. The lowest BCUT2D eigenvalue weighted by molar-refractivity contribution is 0.179. The van der Waals surface area contributed by atoms with Gasteiger partial charge in [0.15, 0.2) is 0 Å². The molecule has 1 N–H and O–H groups in total. The van der Waals surface area contributed by atoms with Gasteiger partial charge in [-0.05, 0) is 42.5 Å². The topological polar surface area (TPSA) is 46.5 Å². The second-order valence-electron chi connectivity index (χ2n) is 5.85. The number of fused-ring (bicyclic) bond motifs is 1. The predicted molar refractivity (Wildman–Crippen MR) is 92.4 cm³/mol. The van der Waals surface area contributed by atoms with Crippen molar-refractivity contribution in [2.75, 3.05) is 6.16 Å². The molecule has 0 bridgehead atoms. The van der Waals surface area contributed by atoms with Crippen molar-refractivity contribution in [2.45, 2.75) is 45.6 Å². The van der Waals surface area contributed by atoms with Gasteiger partial charge in [0.1, 0.15) is 0 Å². The summed E-state index contributed by atoms with van der Waals surface area (Å²) in [6, 6.07) is 14.6. The molecule has 0 saturated heterocycles. The minimum absolute atomic E-state index is 0.151. The van der Waals surface area contributed by atoms with E-state index in [2.05, 4.69) is 30.3 Å². The third kappa shape index (κ3) is 5.24. The maximum Gasteiger partial charge on any atom is 0.328 e. The van der Waals surface area contributed by atoms with Crippen molar-refractivity contribution < 1.29 is 14.0 Å². The Balaban J connectivity index is 1.87. The first kappa shape index (κ1) is 17.2. The molecule has 2 rings (SSSR count). The number of hydrogen-bond acceptors (Lipinski definition) is 2. The number of aryl methyl sites for hydroxylation is 1. The SMILES string of the molecule is CCCC(C)OP(=O)(O)CCCc1ccc2ccccc2c1. The Kier molecular flexibility index (Phi) is 6.19. The van der Waals surface area contributed by atoms with Gasteiger partial charge < -0.3 is 9.42 Å². The lowest BCUT2D eigenvalue weighted by Gasteiger charge is -2.17. The molecule has 0 saturated carbocycles. The first-order chi connectivity index (χ1) is 10.5. The first-order valence-corrected chi connectivity index (χ1v) is 9.74. The second-order valence-corrected chi connectivity index (χ2v) is 7.78. The van der Waals surface area contributed by atoms with E-state index in [1.54, 1.807) is 0 Å². The molecular formula is C18H25O3P. The summed E-state index contributed by atoms with van der Waals surface area (Å²) in [5.41, 5.74) is 1.19. The third-order valence-electron chi connectivity index (χ3n) is 3.76. The van der Waals surface area contributed by atoms with Crippen molar-refractivity contribution in [3.8, 4) is 0 Å². The summed E-state index contributed by atoms with van der Waals surface area (Å²) in [5, 5.41) is 2.43. The molecular weight excluding hydrogens is 295 g/mol. The van der Waals surface area contributed by atoms with E-state index in [9.17, 15) is 9.46 Å². The van der Waals surface area contributed by atoms with Crippen molar-refractivity contribution in [1.29, 1.82) is 0 Å². The van der Waals surface area contributed by atoms with Crippen molar-refractivity contribution in [3.05, 3.63) is 48.0 Å². The average molecular weight is 320 g/mol. The molecule has 0 radical (unpaired) electrons. The van der Waals surface area contributed by atoms with Crippen LogP contribution in [0.25, 0.3) is 10.8 Å². The van der Waals surface area contributed by atoms with E-state index in [1.165, 1.54) is 16.3 Å². The third-order valence-corrected chi connectivity index (χ3v) is 5.33. The molecule has 0 aliphatic carbocycles. The van der Waals surface area contributed by atoms with Crippen LogP contribution in [0.2, 0.25) is 0 Å². The second kappa shape index (κ2) is 7.92. The van der Waals surface area contributed by atoms with Crippen LogP contribution in [0.15, 0.2) is 42.5 Å². The van der Waals surface area contributed by atoms with Gasteiger partial charge in [0.2, 0.25) is 0 Å². The molecule has 2 unspecified atom stereocenters. The van der Waals surface area contributed by atoms with Crippen LogP contribution in [0, 0.1) is 0 Å². The quantitative estimate of drug-likeness (QED) is 0.683. The van der Waals surface area contributed by atoms with E-state index >= 15 is 0 Å². The maximum atomic E-state index is 12.0. The van der Waals surface area contributed by atoms with Crippen LogP contribution in [-0.2, 0) is 15.5 Å². The summed E-state index contributed by atoms with van der Waals surface area (Å²) in [7, 11) is -3.46. The van der Waals surface area contributed by atoms with E-state index < -0.39 is 7.60 Å². The van der Waals surface area contributed by atoms with Crippen LogP contribution in [-0.4, -0.2) is 17.2 Å². The summed E-state index contributed by atoms with van der Waals surface area (Å²) in [6.45, 7) is 3.90. The summed E-state index contributed by atoms with van der Waals surface area (Å²) in [5.74, 6) is 0. The summed E-state index contributed by atoms with van der Waals surface area (Å²) >= 11 is 0. The number of benzene rings is 2. The molecule has 22 heavy (non-hydrogen) atoms. The zero-order valence-electron chi connectivity index (χ0n) is 13.4. The van der Waals surface area contributed by atoms with Gasteiger partial charge in [0.05, 0.1) is 12.3 Å². The van der Waals surface area contributed by atoms with Gasteiger partial charge in [-0.25, -0.2) is 0 Å². The fourth-order valence-electron chi connectivity index (χ4n) is 2.67. The Labute approximate surface area is 132 Å². The zero-order chi connectivity index (χ0) is 16.0. The molecule has 3 nitrogen and oxygen atoms in total. The first-order valence-electron chi connectivity index (χ1n) is 7.98. The lowest BCUT2D eigenvalue weighted by Crippen LogP contribution is -2.07. The average Bonchev–Trinajstić information content (AvgIpc) is 2.46. The molecule has 2 atom stereocenters. The standard InChI is InChI=1S/C18H25O3P/c1-3-7-15(2)21-22(19,20)13-6-8-16-11-12-17-9-4-5-10-18(17)14-16/h4-5,9-12,14-15H,3,6-8,13H2,1-2H3,(H,19,20). The van der Waals surface area contributed by atoms with Crippen molar-refractivity contribution >= 4 is 18.4 Å². The Hall–Kier alpha value is -1.15. The highest BCUT2D eigenvalue weighted by atomic mass is 31.2. The minimum Gasteiger partial charge on any atom is -0.324 e. The minimum atomic E-state index is -3.46. The van der Waals surface area contributed by atoms with Gasteiger partial charge in [-0.2, -0.15) is 0 Å². The van der Waals surface area contributed by atoms with E-state index in [0.29, 0.717) is 6.42 Å². The van der Waals surface area contributed by atoms with Gasteiger partial charge in [-0.15, -0.1) is 0 Å². The summed E-state index contributed by atoms with van der Waals surface area (Å²) in [4.78, 5) is 9.89. The summed E-state index contributed by atoms with van der Waals surface area (Å²) in [6.07, 6.45) is 3.29. The Morgan fingerprint density at radius 3 is 2.64 bits per heavy atom. The normalized spacial score (nSPS) is 15.6. The molecule has 0 spiro atoms. The van der Waals surface area contributed by atoms with Gasteiger partial charge in [-0.3, -0.25) is 4.57 Å². The van der Waals surface area contributed by atoms with Crippen molar-refractivity contribution in [2.24, 2.45) is 0 Å². The summed E-state index contributed by atoms with van der Waals surface area (Å²) < 4.78 is 17.3. The Morgan fingerprint density at radius 2 is 1.91 bits per heavy atom. The molecule has 0 amide bonds. The van der Waals surface area contributed by atoms with E-state index in [4.69, 9.17) is 4.52 Å². The molecule has 4 heteroatoms. The van der Waals surface area contributed by atoms with Crippen LogP contribution in [0.5, 0.6) is 0 Å². The molecule has 0 heterocycles. The van der Waals surface area contributed by atoms with E-state index in [1.807, 2.05) is 26.0 Å². The number of rotatable bonds is 8. The predicted octanol–water partition coefficient (Wildman–Crippen LogP) is 5.16. The largest absolute Gasteiger partial charge is 0.328 e. The molecule has 0 aromatic heterocycles. The highest BCUT2D eigenvalue weighted by Crippen LogP contribution is 2.44. The molecule has 2 aromatic rings. The van der Waals surface area contributed by atoms with Crippen LogP contribution < -0.4 is 0 Å². The van der Waals surface area contributed by atoms with Crippen molar-refractivity contribution in [1.82, 2.24) is 0 Å². The maximum absolute atomic E-state index is 12.0. The van der Waals surface area contributed by atoms with E-state index in [0.717, 1.165) is 19.3 Å².